The van der Waals surface area contributed by atoms with E-state index in [1.165, 1.54) is 7.11 Å². The van der Waals surface area contributed by atoms with Gasteiger partial charge in [-0.15, -0.1) is 0 Å². The number of benzene rings is 1. The van der Waals surface area contributed by atoms with Crippen LogP contribution in [0.4, 0.5) is 4.79 Å². The number of hydrogen-bond donors (Lipinski definition) is 1. The monoisotopic (exact) mass is 278 g/mol. The lowest BCUT2D eigenvalue weighted by Gasteiger charge is -2.30. The number of imide groups is 1. The average Bonchev–Trinajstić information content (AvgIpc) is 2.48. The highest BCUT2D eigenvalue weighted by Crippen LogP contribution is 2.07. The first-order valence-electron chi connectivity index (χ1n) is 6.46. The van der Waals surface area contributed by atoms with Crippen LogP contribution in [0.15, 0.2) is 30.3 Å². The molecule has 2 amide bonds. The van der Waals surface area contributed by atoms with Crippen molar-refractivity contribution in [2.75, 3.05) is 26.8 Å². The molecule has 0 aromatic heterocycles. The van der Waals surface area contributed by atoms with Crippen molar-refractivity contribution in [3.63, 3.8) is 0 Å². The smallest absolute Gasteiger partial charge is 0.416 e. The SMILES string of the molecule is COC[C@@H]1NCCN(C(=O)OCc2ccccc2)C1=O. The summed E-state index contributed by atoms with van der Waals surface area (Å²) in [7, 11) is 1.52. The van der Waals surface area contributed by atoms with Crippen molar-refractivity contribution in [2.45, 2.75) is 12.6 Å². The number of methoxy groups -OCH3 is 1. The molecule has 0 saturated carbocycles. The van der Waals surface area contributed by atoms with E-state index < -0.39 is 12.1 Å². The van der Waals surface area contributed by atoms with E-state index in [9.17, 15) is 9.59 Å². The van der Waals surface area contributed by atoms with E-state index >= 15 is 0 Å². The molecular formula is C14H18N2O4. The van der Waals surface area contributed by atoms with Gasteiger partial charge in [0.25, 0.3) is 5.91 Å². The Morgan fingerprint density at radius 1 is 1.40 bits per heavy atom. The highest BCUT2D eigenvalue weighted by Gasteiger charge is 2.33. The molecule has 0 radical (unpaired) electrons. The molecule has 6 nitrogen and oxygen atoms in total. The zero-order chi connectivity index (χ0) is 14.4. The van der Waals surface area contributed by atoms with E-state index in [2.05, 4.69) is 5.32 Å². The Hall–Kier alpha value is -1.92. The lowest BCUT2D eigenvalue weighted by molar-refractivity contribution is -0.135. The maximum Gasteiger partial charge on any atom is 0.416 e. The third-order valence-electron chi connectivity index (χ3n) is 3.05. The molecule has 1 heterocycles. The van der Waals surface area contributed by atoms with Crippen molar-refractivity contribution in [1.82, 2.24) is 10.2 Å². The number of amides is 2. The first-order chi connectivity index (χ1) is 9.72. The number of rotatable bonds is 4. The van der Waals surface area contributed by atoms with Crippen molar-refractivity contribution < 1.29 is 19.1 Å². The van der Waals surface area contributed by atoms with Gasteiger partial charge in [-0.3, -0.25) is 4.79 Å². The van der Waals surface area contributed by atoms with Crippen molar-refractivity contribution in [3.05, 3.63) is 35.9 Å². The predicted molar refractivity (Wildman–Crippen MR) is 72.0 cm³/mol. The van der Waals surface area contributed by atoms with Crippen LogP contribution in [-0.4, -0.2) is 49.7 Å². The normalized spacial score (nSPS) is 18.9. The zero-order valence-electron chi connectivity index (χ0n) is 11.4. The summed E-state index contributed by atoms with van der Waals surface area (Å²) in [5, 5.41) is 3.00. The van der Waals surface area contributed by atoms with Gasteiger partial charge in [-0.05, 0) is 5.56 Å². The van der Waals surface area contributed by atoms with Gasteiger partial charge in [-0.1, -0.05) is 30.3 Å². The Balaban J connectivity index is 1.90. The van der Waals surface area contributed by atoms with Crippen LogP contribution in [0.25, 0.3) is 0 Å². The van der Waals surface area contributed by atoms with E-state index in [1.807, 2.05) is 30.3 Å². The van der Waals surface area contributed by atoms with Crippen LogP contribution >= 0.6 is 0 Å². The van der Waals surface area contributed by atoms with Crippen molar-refractivity contribution in [2.24, 2.45) is 0 Å². The van der Waals surface area contributed by atoms with Crippen LogP contribution in [0, 0.1) is 0 Å². The quantitative estimate of drug-likeness (QED) is 0.881. The molecule has 1 aliphatic rings. The Morgan fingerprint density at radius 2 is 2.15 bits per heavy atom. The Labute approximate surface area is 117 Å². The number of piperazine rings is 1. The summed E-state index contributed by atoms with van der Waals surface area (Å²) in [6.07, 6.45) is -0.610. The Kier molecular flexibility index (Phi) is 5.09. The Bertz CT molecular complexity index is 462. The van der Waals surface area contributed by atoms with Gasteiger partial charge in [0.2, 0.25) is 0 Å². The van der Waals surface area contributed by atoms with Gasteiger partial charge in [-0.25, -0.2) is 9.69 Å². The first-order valence-corrected chi connectivity index (χ1v) is 6.46. The standard InChI is InChI=1S/C14H18N2O4/c1-19-10-12-13(17)16(8-7-15-12)14(18)20-9-11-5-3-2-4-6-11/h2-6,12,15H,7-10H2,1H3/t12-/m0/s1. The minimum absolute atomic E-state index is 0.159. The summed E-state index contributed by atoms with van der Waals surface area (Å²) >= 11 is 0. The summed E-state index contributed by atoms with van der Waals surface area (Å²) in [5.41, 5.74) is 0.886. The molecule has 0 aliphatic carbocycles. The second-order valence-electron chi connectivity index (χ2n) is 4.49. The molecule has 0 bridgehead atoms. The van der Waals surface area contributed by atoms with Gasteiger partial charge in [0.1, 0.15) is 12.6 Å². The summed E-state index contributed by atoms with van der Waals surface area (Å²) < 4.78 is 10.1. The fourth-order valence-electron chi connectivity index (χ4n) is 2.01. The summed E-state index contributed by atoms with van der Waals surface area (Å²) in [6.45, 7) is 1.25. The number of hydrogen-bond acceptors (Lipinski definition) is 5. The number of nitrogens with zero attached hydrogens (tertiary/aromatic N) is 1. The zero-order valence-corrected chi connectivity index (χ0v) is 11.4. The Morgan fingerprint density at radius 3 is 2.85 bits per heavy atom. The fraction of sp³-hybridized carbons (Fsp3) is 0.429. The second-order valence-corrected chi connectivity index (χ2v) is 4.49. The molecule has 1 saturated heterocycles. The topological polar surface area (TPSA) is 67.9 Å². The van der Waals surface area contributed by atoms with Crippen LogP contribution in [0.1, 0.15) is 5.56 Å². The maximum absolute atomic E-state index is 12.1. The minimum Gasteiger partial charge on any atom is -0.444 e. The highest BCUT2D eigenvalue weighted by molar-refractivity contribution is 5.95. The summed E-state index contributed by atoms with van der Waals surface area (Å²) in [6, 6.07) is 8.86. The van der Waals surface area contributed by atoms with Gasteiger partial charge in [-0.2, -0.15) is 0 Å². The lowest BCUT2D eigenvalue weighted by Crippen LogP contribution is -2.58. The minimum atomic E-state index is -0.610. The maximum atomic E-state index is 12.1. The van der Waals surface area contributed by atoms with Crippen molar-refractivity contribution >= 4 is 12.0 Å². The second kappa shape index (κ2) is 7.02. The van der Waals surface area contributed by atoms with Crippen LogP contribution in [-0.2, 0) is 20.9 Å². The molecule has 1 fully saturated rings. The lowest BCUT2D eigenvalue weighted by atomic mass is 10.2. The summed E-state index contributed by atoms with van der Waals surface area (Å²) in [4.78, 5) is 25.1. The molecule has 1 aromatic carbocycles. The van der Waals surface area contributed by atoms with Crippen molar-refractivity contribution in [3.8, 4) is 0 Å². The molecule has 6 heteroatoms. The molecule has 1 N–H and O–H groups in total. The largest absolute Gasteiger partial charge is 0.444 e. The molecule has 0 unspecified atom stereocenters. The number of carbonyl (C=O) groups excluding carboxylic acids is 2. The molecule has 0 spiro atoms. The predicted octanol–water partition coefficient (Wildman–Crippen LogP) is 0.770. The van der Waals surface area contributed by atoms with Crippen LogP contribution in [0.5, 0.6) is 0 Å². The van der Waals surface area contributed by atoms with Crippen LogP contribution in [0.3, 0.4) is 0 Å². The van der Waals surface area contributed by atoms with Crippen LogP contribution in [0.2, 0.25) is 0 Å². The molecule has 1 aliphatic heterocycles. The third-order valence-corrected chi connectivity index (χ3v) is 3.05. The van der Waals surface area contributed by atoms with Crippen LogP contribution < -0.4 is 5.32 Å². The van der Waals surface area contributed by atoms with E-state index in [1.54, 1.807) is 0 Å². The van der Waals surface area contributed by atoms with Crippen molar-refractivity contribution in [1.29, 1.82) is 0 Å². The van der Waals surface area contributed by atoms with E-state index in [0.717, 1.165) is 10.5 Å². The van der Waals surface area contributed by atoms with Gasteiger partial charge in [0.05, 0.1) is 6.61 Å². The summed E-state index contributed by atoms with van der Waals surface area (Å²) in [5.74, 6) is -0.309. The van der Waals surface area contributed by atoms with E-state index in [0.29, 0.717) is 13.1 Å². The number of nitrogens with one attached hydrogen (secondary N) is 1. The van der Waals surface area contributed by atoms with Gasteiger partial charge in [0, 0.05) is 20.2 Å². The van der Waals surface area contributed by atoms with Gasteiger partial charge < -0.3 is 14.8 Å². The first kappa shape index (κ1) is 14.5. The van der Waals surface area contributed by atoms with E-state index in [-0.39, 0.29) is 19.1 Å². The van der Waals surface area contributed by atoms with Gasteiger partial charge in [0.15, 0.2) is 0 Å². The highest BCUT2D eigenvalue weighted by atomic mass is 16.6. The molecule has 20 heavy (non-hydrogen) atoms. The molecule has 108 valence electrons. The number of carbonyl (C=O) groups is 2. The number of ether oxygens (including phenoxy) is 2. The molecular weight excluding hydrogens is 260 g/mol. The van der Waals surface area contributed by atoms with E-state index in [4.69, 9.17) is 9.47 Å². The molecule has 2 rings (SSSR count). The fourth-order valence-corrected chi connectivity index (χ4v) is 2.01. The van der Waals surface area contributed by atoms with Gasteiger partial charge >= 0.3 is 6.09 Å². The molecule has 1 atom stereocenters. The third kappa shape index (κ3) is 3.55. The molecule has 1 aromatic rings. The average molecular weight is 278 g/mol.